The summed E-state index contributed by atoms with van der Waals surface area (Å²) in [7, 11) is 1.75. The number of carbonyl (C=O) groups is 1. The summed E-state index contributed by atoms with van der Waals surface area (Å²) >= 11 is 3.20. The molecule has 0 unspecified atom stereocenters. The molecule has 88 valence electrons. The van der Waals surface area contributed by atoms with Crippen LogP contribution in [0.15, 0.2) is 45.9 Å². The van der Waals surface area contributed by atoms with Crippen LogP contribution in [0.1, 0.15) is 15.9 Å². The van der Waals surface area contributed by atoms with Crippen LogP contribution in [-0.4, -0.2) is 22.8 Å². The molecule has 0 saturated heterocycles. The molecular formula is C12H11BrN2O2. The molecule has 0 aliphatic carbocycles. The minimum absolute atomic E-state index is 0.0811. The fraction of sp³-hybridized carbons (Fsp3) is 0.167. The molecule has 2 rings (SSSR count). The van der Waals surface area contributed by atoms with Gasteiger partial charge in [0.15, 0.2) is 4.67 Å². The van der Waals surface area contributed by atoms with Crippen LogP contribution in [-0.2, 0) is 6.54 Å². The third kappa shape index (κ3) is 2.74. The number of halogens is 1. The molecule has 2 aromatic heterocycles. The molecule has 0 atom stereocenters. The highest BCUT2D eigenvalue weighted by atomic mass is 79.9. The first-order chi connectivity index (χ1) is 8.18. The lowest BCUT2D eigenvalue weighted by atomic mass is 10.2. The average molecular weight is 295 g/mol. The molecule has 1 amide bonds. The van der Waals surface area contributed by atoms with Crippen LogP contribution >= 0.6 is 15.9 Å². The van der Waals surface area contributed by atoms with Crippen molar-refractivity contribution in [3.05, 3.63) is 52.7 Å². The van der Waals surface area contributed by atoms with E-state index in [1.807, 2.05) is 12.1 Å². The van der Waals surface area contributed by atoms with Crippen molar-refractivity contribution < 1.29 is 9.21 Å². The second kappa shape index (κ2) is 5.14. The van der Waals surface area contributed by atoms with Gasteiger partial charge in [-0.2, -0.15) is 0 Å². The number of rotatable bonds is 3. The maximum atomic E-state index is 12.1. The van der Waals surface area contributed by atoms with Crippen LogP contribution in [0.25, 0.3) is 0 Å². The van der Waals surface area contributed by atoms with E-state index in [1.54, 1.807) is 30.4 Å². The molecule has 0 aliphatic heterocycles. The molecule has 0 saturated carbocycles. The standard InChI is InChI=1S/C12H11BrN2O2/c1-15(8-9-2-5-14-6-3-9)12(16)10-4-7-17-11(10)13/h2-7H,8H2,1H3. The summed E-state index contributed by atoms with van der Waals surface area (Å²) in [6.07, 6.45) is 4.90. The molecular weight excluding hydrogens is 284 g/mol. The van der Waals surface area contributed by atoms with Gasteiger partial charge in [0, 0.05) is 26.0 Å². The molecule has 0 spiro atoms. The summed E-state index contributed by atoms with van der Waals surface area (Å²) in [6.45, 7) is 0.541. The fourth-order valence-electron chi connectivity index (χ4n) is 1.49. The largest absolute Gasteiger partial charge is 0.457 e. The molecule has 2 heterocycles. The lowest BCUT2D eigenvalue weighted by Crippen LogP contribution is -2.26. The van der Waals surface area contributed by atoms with Crippen molar-refractivity contribution in [2.24, 2.45) is 0 Å². The Hall–Kier alpha value is -1.62. The quantitative estimate of drug-likeness (QED) is 0.874. The van der Waals surface area contributed by atoms with Crippen LogP contribution < -0.4 is 0 Å². The number of amides is 1. The summed E-state index contributed by atoms with van der Waals surface area (Å²) in [5.41, 5.74) is 1.57. The van der Waals surface area contributed by atoms with Gasteiger partial charge in [0.2, 0.25) is 0 Å². The van der Waals surface area contributed by atoms with E-state index in [-0.39, 0.29) is 5.91 Å². The summed E-state index contributed by atoms with van der Waals surface area (Å²) in [5.74, 6) is -0.0811. The van der Waals surface area contributed by atoms with Crippen molar-refractivity contribution in [1.82, 2.24) is 9.88 Å². The Morgan fingerprint density at radius 3 is 2.71 bits per heavy atom. The molecule has 5 heteroatoms. The monoisotopic (exact) mass is 294 g/mol. The molecule has 0 radical (unpaired) electrons. The van der Waals surface area contributed by atoms with Gasteiger partial charge < -0.3 is 9.32 Å². The van der Waals surface area contributed by atoms with Gasteiger partial charge in [-0.25, -0.2) is 0 Å². The minimum atomic E-state index is -0.0811. The Labute approximate surface area is 107 Å². The van der Waals surface area contributed by atoms with E-state index < -0.39 is 0 Å². The highest BCUT2D eigenvalue weighted by Crippen LogP contribution is 2.19. The van der Waals surface area contributed by atoms with Gasteiger partial charge in [-0.15, -0.1) is 0 Å². The molecule has 2 aromatic rings. The van der Waals surface area contributed by atoms with Gasteiger partial charge in [0.1, 0.15) is 0 Å². The Bertz CT molecular complexity index is 510. The van der Waals surface area contributed by atoms with Gasteiger partial charge in [-0.05, 0) is 39.7 Å². The van der Waals surface area contributed by atoms with Gasteiger partial charge in [-0.1, -0.05) is 0 Å². The number of hydrogen-bond donors (Lipinski definition) is 0. The smallest absolute Gasteiger partial charge is 0.258 e. The number of aromatic nitrogens is 1. The average Bonchev–Trinajstić information content (AvgIpc) is 2.76. The van der Waals surface area contributed by atoms with Crippen molar-refractivity contribution in [2.45, 2.75) is 6.54 Å². The van der Waals surface area contributed by atoms with E-state index in [0.717, 1.165) is 5.56 Å². The van der Waals surface area contributed by atoms with Crippen LogP contribution in [0.4, 0.5) is 0 Å². The molecule has 0 bridgehead atoms. The number of pyridine rings is 1. The SMILES string of the molecule is CN(Cc1ccncc1)C(=O)c1ccoc1Br. The first-order valence-electron chi connectivity index (χ1n) is 5.06. The van der Waals surface area contributed by atoms with Gasteiger partial charge in [0.05, 0.1) is 11.8 Å². The van der Waals surface area contributed by atoms with Gasteiger partial charge >= 0.3 is 0 Å². The van der Waals surface area contributed by atoms with Crippen LogP contribution in [0.2, 0.25) is 0 Å². The number of nitrogens with zero attached hydrogens (tertiary/aromatic N) is 2. The highest BCUT2D eigenvalue weighted by molar-refractivity contribution is 9.10. The van der Waals surface area contributed by atoms with E-state index in [1.165, 1.54) is 6.26 Å². The van der Waals surface area contributed by atoms with Crippen molar-refractivity contribution in [3.63, 3.8) is 0 Å². The van der Waals surface area contributed by atoms with E-state index in [4.69, 9.17) is 4.42 Å². The van der Waals surface area contributed by atoms with E-state index >= 15 is 0 Å². The van der Waals surface area contributed by atoms with Gasteiger partial charge in [-0.3, -0.25) is 9.78 Å². The van der Waals surface area contributed by atoms with Crippen LogP contribution in [0.5, 0.6) is 0 Å². The molecule has 17 heavy (non-hydrogen) atoms. The van der Waals surface area contributed by atoms with Crippen molar-refractivity contribution >= 4 is 21.8 Å². The van der Waals surface area contributed by atoms with Crippen molar-refractivity contribution in [3.8, 4) is 0 Å². The van der Waals surface area contributed by atoms with E-state index in [0.29, 0.717) is 16.8 Å². The Kier molecular flexibility index (Phi) is 3.58. The van der Waals surface area contributed by atoms with E-state index in [9.17, 15) is 4.79 Å². The second-order valence-corrected chi connectivity index (χ2v) is 4.34. The van der Waals surface area contributed by atoms with Crippen molar-refractivity contribution in [2.75, 3.05) is 7.05 Å². The maximum absolute atomic E-state index is 12.1. The van der Waals surface area contributed by atoms with Crippen LogP contribution in [0.3, 0.4) is 0 Å². The molecule has 0 aromatic carbocycles. The lowest BCUT2D eigenvalue weighted by Gasteiger charge is -2.16. The first-order valence-corrected chi connectivity index (χ1v) is 5.85. The number of carbonyl (C=O) groups excluding carboxylic acids is 1. The number of furan rings is 1. The topological polar surface area (TPSA) is 46.3 Å². The predicted octanol–water partition coefficient (Wildman–Crippen LogP) is 2.71. The second-order valence-electron chi connectivity index (χ2n) is 3.62. The lowest BCUT2D eigenvalue weighted by molar-refractivity contribution is 0.0783. The normalized spacial score (nSPS) is 10.2. The maximum Gasteiger partial charge on any atom is 0.258 e. The first kappa shape index (κ1) is 11.9. The minimum Gasteiger partial charge on any atom is -0.457 e. The molecule has 4 nitrogen and oxygen atoms in total. The zero-order valence-electron chi connectivity index (χ0n) is 9.26. The van der Waals surface area contributed by atoms with Crippen LogP contribution in [0, 0.1) is 0 Å². The van der Waals surface area contributed by atoms with Gasteiger partial charge in [0.25, 0.3) is 5.91 Å². The molecule has 0 N–H and O–H groups in total. The number of hydrogen-bond acceptors (Lipinski definition) is 3. The summed E-state index contributed by atoms with van der Waals surface area (Å²) in [4.78, 5) is 17.6. The zero-order valence-corrected chi connectivity index (χ0v) is 10.8. The molecule has 0 aliphatic rings. The summed E-state index contributed by atoms with van der Waals surface area (Å²) < 4.78 is 5.51. The highest BCUT2D eigenvalue weighted by Gasteiger charge is 2.16. The third-order valence-corrected chi connectivity index (χ3v) is 2.98. The third-order valence-electron chi connectivity index (χ3n) is 2.36. The predicted molar refractivity (Wildman–Crippen MR) is 66.4 cm³/mol. The Morgan fingerprint density at radius 2 is 2.12 bits per heavy atom. The fourth-order valence-corrected chi connectivity index (χ4v) is 1.90. The zero-order chi connectivity index (χ0) is 12.3. The Balaban J connectivity index is 2.09. The molecule has 0 fully saturated rings. The summed E-state index contributed by atoms with van der Waals surface area (Å²) in [6, 6.07) is 5.41. The van der Waals surface area contributed by atoms with E-state index in [2.05, 4.69) is 20.9 Å². The van der Waals surface area contributed by atoms with Crippen molar-refractivity contribution in [1.29, 1.82) is 0 Å². The summed E-state index contributed by atoms with van der Waals surface area (Å²) in [5, 5.41) is 0. The Morgan fingerprint density at radius 1 is 1.41 bits per heavy atom.